The molecule has 25 heavy (non-hydrogen) atoms. The largest absolute Gasteiger partial charge is 0.481 e. The number of fused-ring (bicyclic) bond motifs is 1. The monoisotopic (exact) mass is 361 g/mol. The molecule has 0 aliphatic carbocycles. The molecular formula is C17H19N3O4S. The fourth-order valence-electron chi connectivity index (χ4n) is 2.83. The zero-order valence-corrected chi connectivity index (χ0v) is 14.3. The van der Waals surface area contributed by atoms with Crippen LogP contribution in [0.2, 0.25) is 0 Å². The topological polar surface area (TPSA) is 102 Å². The number of para-hydroxylation sites is 1. The number of H-pyrrole nitrogens is 1. The van der Waals surface area contributed by atoms with Crippen LogP contribution in [0.1, 0.15) is 23.2 Å². The van der Waals surface area contributed by atoms with E-state index in [0.717, 1.165) is 10.9 Å². The number of amides is 2. The second-order valence-corrected chi connectivity index (χ2v) is 6.83. The van der Waals surface area contributed by atoms with Crippen LogP contribution in [0, 0.1) is 0 Å². The molecule has 3 N–H and O–H groups in total. The van der Waals surface area contributed by atoms with Gasteiger partial charge in [0.05, 0.1) is 11.4 Å². The van der Waals surface area contributed by atoms with Crippen LogP contribution in [-0.2, 0) is 9.59 Å². The van der Waals surface area contributed by atoms with E-state index in [4.69, 9.17) is 5.11 Å². The minimum atomic E-state index is -0.887. The Morgan fingerprint density at radius 3 is 2.92 bits per heavy atom. The van der Waals surface area contributed by atoms with E-state index in [1.54, 1.807) is 11.1 Å². The van der Waals surface area contributed by atoms with Gasteiger partial charge in [0.1, 0.15) is 6.04 Å². The lowest BCUT2D eigenvalue weighted by Gasteiger charge is -2.22. The zero-order chi connectivity index (χ0) is 17.8. The summed E-state index contributed by atoms with van der Waals surface area (Å²) in [6.07, 6.45) is 2.06. The lowest BCUT2D eigenvalue weighted by Crippen LogP contribution is -2.47. The summed E-state index contributed by atoms with van der Waals surface area (Å²) < 4.78 is 0. The summed E-state index contributed by atoms with van der Waals surface area (Å²) in [5.41, 5.74) is 1.44. The van der Waals surface area contributed by atoms with Crippen LogP contribution in [0.25, 0.3) is 10.9 Å². The number of carboxylic acids is 1. The first kappa shape index (κ1) is 17.3. The number of benzene rings is 1. The number of rotatable bonds is 6. The molecule has 1 aromatic carbocycles. The quantitative estimate of drug-likeness (QED) is 0.679. The van der Waals surface area contributed by atoms with Gasteiger partial charge in [-0.15, -0.1) is 11.8 Å². The molecule has 132 valence electrons. The third kappa shape index (κ3) is 3.79. The van der Waals surface area contributed by atoms with E-state index in [-0.39, 0.29) is 18.2 Å². The Morgan fingerprint density at radius 1 is 1.32 bits per heavy atom. The first-order valence-corrected chi connectivity index (χ1v) is 9.17. The number of carbonyl (C=O) groups is 3. The molecule has 0 saturated carbocycles. The van der Waals surface area contributed by atoms with E-state index in [0.29, 0.717) is 30.2 Å². The standard InChI is InChI=1S/C17H19N3O4S/c21-15(22)6-3-7-18-16(23)14-9-25-10-20(14)17(24)12-8-19-13-5-2-1-4-11(12)13/h1-2,4-5,8,14,19H,3,6-7,9-10H2,(H,18,23)(H,21,22). The maximum atomic E-state index is 12.9. The van der Waals surface area contributed by atoms with Crippen LogP contribution in [-0.4, -0.2) is 57.0 Å². The Hall–Kier alpha value is -2.48. The Morgan fingerprint density at radius 2 is 2.12 bits per heavy atom. The summed E-state index contributed by atoms with van der Waals surface area (Å²) in [5.74, 6) is -0.289. The minimum absolute atomic E-state index is 0.0116. The molecule has 1 atom stereocenters. The highest BCUT2D eigenvalue weighted by molar-refractivity contribution is 7.99. The Bertz CT molecular complexity index is 804. The van der Waals surface area contributed by atoms with E-state index < -0.39 is 12.0 Å². The van der Waals surface area contributed by atoms with E-state index in [9.17, 15) is 14.4 Å². The normalized spacial score (nSPS) is 17.0. The van der Waals surface area contributed by atoms with Gasteiger partial charge in [0.25, 0.3) is 5.91 Å². The summed E-state index contributed by atoms with van der Waals surface area (Å²) in [6, 6.07) is 7.02. The number of hydrogen-bond donors (Lipinski definition) is 3. The van der Waals surface area contributed by atoms with Crippen LogP contribution in [0.5, 0.6) is 0 Å². The number of thioether (sulfide) groups is 1. The van der Waals surface area contributed by atoms with Gasteiger partial charge in [0.15, 0.2) is 0 Å². The van der Waals surface area contributed by atoms with Crippen LogP contribution in [0.4, 0.5) is 0 Å². The van der Waals surface area contributed by atoms with Gasteiger partial charge >= 0.3 is 5.97 Å². The first-order chi connectivity index (χ1) is 12.1. The Labute approximate surface area is 148 Å². The third-order valence-electron chi connectivity index (χ3n) is 4.13. The molecule has 2 amide bonds. The predicted octanol–water partition coefficient (Wildman–Crippen LogP) is 1.66. The molecule has 3 rings (SSSR count). The lowest BCUT2D eigenvalue weighted by molar-refractivity contribution is -0.137. The van der Waals surface area contributed by atoms with E-state index >= 15 is 0 Å². The molecule has 0 radical (unpaired) electrons. The number of carboxylic acid groups (broad SMARTS) is 1. The van der Waals surface area contributed by atoms with E-state index in [2.05, 4.69) is 10.3 Å². The van der Waals surface area contributed by atoms with Gasteiger partial charge in [-0.3, -0.25) is 14.4 Å². The SMILES string of the molecule is O=C(O)CCCNC(=O)C1CSCN1C(=O)c1c[nH]c2ccccc12. The number of hydrogen-bond acceptors (Lipinski definition) is 4. The van der Waals surface area contributed by atoms with Crippen LogP contribution < -0.4 is 5.32 Å². The van der Waals surface area contributed by atoms with Gasteiger partial charge in [-0.2, -0.15) is 0 Å². The molecule has 1 aliphatic rings. The summed E-state index contributed by atoms with van der Waals surface area (Å²) in [6.45, 7) is 0.293. The number of aliphatic carboxylic acids is 1. The molecule has 8 heteroatoms. The van der Waals surface area contributed by atoms with Crippen LogP contribution >= 0.6 is 11.8 Å². The van der Waals surface area contributed by atoms with Crippen molar-refractivity contribution in [3.05, 3.63) is 36.0 Å². The van der Waals surface area contributed by atoms with Crippen molar-refractivity contribution in [2.75, 3.05) is 18.2 Å². The highest BCUT2D eigenvalue weighted by Gasteiger charge is 2.35. The summed E-state index contributed by atoms with van der Waals surface area (Å²) in [4.78, 5) is 40.4. The second-order valence-electron chi connectivity index (χ2n) is 5.83. The van der Waals surface area contributed by atoms with Crippen LogP contribution in [0.3, 0.4) is 0 Å². The molecular weight excluding hydrogens is 342 g/mol. The molecule has 1 saturated heterocycles. The average Bonchev–Trinajstić information content (AvgIpc) is 3.24. The maximum absolute atomic E-state index is 12.9. The molecule has 2 aromatic rings. The van der Waals surface area contributed by atoms with Crippen molar-refractivity contribution >= 4 is 40.4 Å². The van der Waals surface area contributed by atoms with Crippen molar-refractivity contribution in [3.63, 3.8) is 0 Å². The predicted molar refractivity (Wildman–Crippen MR) is 95.5 cm³/mol. The van der Waals surface area contributed by atoms with Gasteiger partial charge < -0.3 is 20.3 Å². The fraction of sp³-hybridized carbons (Fsp3) is 0.353. The highest BCUT2D eigenvalue weighted by Crippen LogP contribution is 2.26. The van der Waals surface area contributed by atoms with Gasteiger partial charge in [-0.05, 0) is 12.5 Å². The number of aromatic amines is 1. The smallest absolute Gasteiger partial charge is 0.303 e. The number of carbonyl (C=O) groups excluding carboxylic acids is 2. The Kier molecular flexibility index (Phi) is 5.28. The van der Waals surface area contributed by atoms with Crippen LogP contribution in [0.15, 0.2) is 30.5 Å². The molecule has 1 aromatic heterocycles. The number of nitrogens with one attached hydrogen (secondary N) is 2. The summed E-state index contributed by atoms with van der Waals surface area (Å²) in [5, 5.41) is 12.2. The third-order valence-corrected chi connectivity index (χ3v) is 5.14. The maximum Gasteiger partial charge on any atom is 0.303 e. The molecule has 2 heterocycles. The van der Waals surface area contributed by atoms with Gasteiger partial charge in [-0.25, -0.2) is 0 Å². The van der Waals surface area contributed by atoms with Crippen molar-refractivity contribution in [2.24, 2.45) is 0 Å². The molecule has 1 fully saturated rings. The summed E-state index contributed by atoms with van der Waals surface area (Å²) in [7, 11) is 0. The van der Waals surface area contributed by atoms with Gasteiger partial charge in [-0.1, -0.05) is 18.2 Å². The highest BCUT2D eigenvalue weighted by atomic mass is 32.2. The van der Waals surface area contributed by atoms with Crippen molar-refractivity contribution in [1.29, 1.82) is 0 Å². The van der Waals surface area contributed by atoms with Gasteiger partial charge in [0, 0.05) is 35.8 Å². The van der Waals surface area contributed by atoms with E-state index in [1.807, 2.05) is 24.3 Å². The molecule has 0 spiro atoms. The minimum Gasteiger partial charge on any atom is -0.481 e. The van der Waals surface area contributed by atoms with Crippen molar-refractivity contribution < 1.29 is 19.5 Å². The Balaban J connectivity index is 1.67. The fourth-order valence-corrected chi connectivity index (χ4v) is 3.99. The number of aromatic nitrogens is 1. The lowest BCUT2D eigenvalue weighted by atomic mass is 10.1. The summed E-state index contributed by atoms with van der Waals surface area (Å²) >= 11 is 1.53. The molecule has 7 nitrogen and oxygen atoms in total. The second kappa shape index (κ2) is 7.60. The molecule has 1 aliphatic heterocycles. The van der Waals surface area contributed by atoms with Crippen molar-refractivity contribution in [1.82, 2.24) is 15.2 Å². The van der Waals surface area contributed by atoms with Crippen molar-refractivity contribution in [2.45, 2.75) is 18.9 Å². The molecule has 1 unspecified atom stereocenters. The number of nitrogens with zero attached hydrogens (tertiary/aromatic N) is 1. The average molecular weight is 361 g/mol. The van der Waals surface area contributed by atoms with Crippen molar-refractivity contribution in [3.8, 4) is 0 Å². The first-order valence-electron chi connectivity index (χ1n) is 8.02. The zero-order valence-electron chi connectivity index (χ0n) is 13.5. The van der Waals surface area contributed by atoms with Gasteiger partial charge in [0.2, 0.25) is 5.91 Å². The molecule has 0 bridgehead atoms. The van der Waals surface area contributed by atoms with E-state index in [1.165, 1.54) is 11.8 Å².